The molecule has 0 unspecified atom stereocenters. The zero-order valence-corrected chi connectivity index (χ0v) is 29.6. The fraction of sp³-hybridized carbons (Fsp3) is 0.688. The van der Waals surface area contributed by atoms with Crippen molar-refractivity contribution in [2.24, 2.45) is 11.8 Å². The predicted octanol–water partition coefficient (Wildman–Crippen LogP) is 5.66. The number of benzene rings is 1. The van der Waals surface area contributed by atoms with E-state index < -0.39 is 43.9 Å². The zero-order valence-electron chi connectivity index (χ0n) is 28.6. The molecule has 1 fully saturated rings. The van der Waals surface area contributed by atoms with Gasteiger partial charge in [-0.2, -0.15) is 0 Å². The average molecular weight is 635 g/mol. The molecule has 0 aromatic heterocycles. The predicted molar refractivity (Wildman–Crippen MR) is 174 cm³/mol. The topological polar surface area (TPSA) is 135 Å². The van der Waals surface area contributed by atoms with Crippen LogP contribution in [0.25, 0.3) is 0 Å². The van der Waals surface area contributed by atoms with Crippen LogP contribution >= 0.6 is 0 Å². The Morgan fingerprint density at radius 3 is 2.07 bits per heavy atom. The Morgan fingerprint density at radius 2 is 1.55 bits per heavy atom. The smallest absolute Gasteiger partial charge is 0.410 e. The molecule has 4 amide bonds. The van der Waals surface area contributed by atoms with Crippen LogP contribution in [-0.4, -0.2) is 74.6 Å². The van der Waals surface area contributed by atoms with E-state index in [-0.39, 0.29) is 29.7 Å². The minimum absolute atomic E-state index is 0.100. The lowest BCUT2D eigenvalue weighted by Gasteiger charge is -2.36. The molecule has 11 nitrogen and oxygen atoms in total. The van der Waals surface area contributed by atoms with Gasteiger partial charge in [-0.05, 0) is 75.9 Å². The van der Waals surface area contributed by atoms with Crippen molar-refractivity contribution in [3.05, 3.63) is 29.8 Å². The van der Waals surface area contributed by atoms with E-state index in [2.05, 4.69) is 49.8 Å². The molecule has 0 saturated heterocycles. The second kappa shape index (κ2) is 14.8. The molecule has 44 heavy (non-hydrogen) atoms. The number of rotatable bonds is 12. The second-order valence-corrected chi connectivity index (χ2v) is 19.4. The molecule has 3 N–H and O–H groups in total. The normalized spacial score (nSPS) is 18.1. The molecule has 0 heterocycles. The Morgan fingerprint density at radius 1 is 0.955 bits per heavy atom. The van der Waals surface area contributed by atoms with Crippen LogP contribution in [0.3, 0.4) is 0 Å². The maximum absolute atomic E-state index is 12.8. The molecule has 1 aliphatic carbocycles. The number of anilines is 1. The molecular weight excluding hydrogens is 580 g/mol. The molecule has 0 aliphatic heterocycles. The van der Waals surface area contributed by atoms with Crippen molar-refractivity contribution in [2.75, 3.05) is 19.0 Å². The molecule has 0 bridgehead atoms. The highest BCUT2D eigenvalue weighted by Crippen LogP contribution is 2.40. The van der Waals surface area contributed by atoms with Crippen LogP contribution in [0.1, 0.15) is 74.3 Å². The van der Waals surface area contributed by atoms with Gasteiger partial charge in [0.15, 0.2) is 8.32 Å². The van der Waals surface area contributed by atoms with Gasteiger partial charge in [-0.1, -0.05) is 46.8 Å². The Labute approximate surface area is 264 Å². The molecular formula is C32H54N4O7Si. The molecule has 0 radical (unpaired) electrons. The minimum Gasteiger partial charge on any atom is -0.445 e. The highest BCUT2D eigenvalue weighted by atomic mass is 28.4. The van der Waals surface area contributed by atoms with Crippen LogP contribution in [0.5, 0.6) is 0 Å². The maximum atomic E-state index is 12.8. The van der Waals surface area contributed by atoms with E-state index in [1.807, 2.05) is 0 Å². The minimum atomic E-state index is -1.83. The largest absolute Gasteiger partial charge is 0.445 e. The summed E-state index contributed by atoms with van der Waals surface area (Å²) in [5.74, 6) is -0.813. The van der Waals surface area contributed by atoms with Gasteiger partial charge in [0, 0.05) is 31.3 Å². The first kappa shape index (κ1) is 37.1. The summed E-state index contributed by atoms with van der Waals surface area (Å²) in [6, 6.07) is 5.32. The Balaban J connectivity index is 1.80. The van der Waals surface area contributed by atoms with E-state index >= 15 is 0 Å². The van der Waals surface area contributed by atoms with Gasteiger partial charge < -0.3 is 34.8 Å². The van der Waals surface area contributed by atoms with Crippen LogP contribution in [0.2, 0.25) is 18.1 Å². The van der Waals surface area contributed by atoms with E-state index in [1.165, 1.54) is 0 Å². The lowest BCUT2D eigenvalue weighted by Crippen LogP contribution is -2.54. The van der Waals surface area contributed by atoms with E-state index in [9.17, 15) is 19.2 Å². The third-order valence-corrected chi connectivity index (χ3v) is 12.6. The summed E-state index contributed by atoms with van der Waals surface area (Å²) in [6.45, 7) is 22.2. The number of ether oxygens (including phenoxy) is 2. The van der Waals surface area contributed by atoms with Crippen molar-refractivity contribution in [2.45, 2.75) is 117 Å². The first-order valence-corrected chi connectivity index (χ1v) is 18.3. The maximum Gasteiger partial charge on any atom is 0.410 e. The Bertz CT molecular complexity index is 1160. The highest BCUT2D eigenvalue weighted by Gasteiger charge is 2.45. The summed E-state index contributed by atoms with van der Waals surface area (Å²) in [5.41, 5.74) is 0.592. The molecule has 248 valence electrons. The molecule has 1 aliphatic rings. The van der Waals surface area contributed by atoms with Gasteiger partial charge in [0.25, 0.3) is 0 Å². The number of nitrogens with one attached hydrogen (secondary N) is 3. The average Bonchev–Trinajstić information content (AvgIpc) is 3.67. The molecule has 2 rings (SSSR count). The summed E-state index contributed by atoms with van der Waals surface area (Å²) < 4.78 is 17.1. The van der Waals surface area contributed by atoms with Crippen molar-refractivity contribution in [1.29, 1.82) is 0 Å². The molecule has 1 saturated carbocycles. The summed E-state index contributed by atoms with van der Waals surface area (Å²) in [5, 5.41) is 8.15. The molecule has 1 aromatic carbocycles. The molecule has 4 atom stereocenters. The van der Waals surface area contributed by atoms with Crippen LogP contribution in [-0.2, 0) is 30.1 Å². The number of hydrogen-bond donors (Lipinski definition) is 3. The number of nitrogens with zero attached hydrogens (tertiary/aromatic N) is 1. The number of alkyl carbamates (subject to hydrolysis) is 1. The van der Waals surface area contributed by atoms with E-state index in [1.54, 1.807) is 77.8 Å². The summed E-state index contributed by atoms with van der Waals surface area (Å²) in [6.07, 6.45) is -0.178. The summed E-state index contributed by atoms with van der Waals surface area (Å²) in [4.78, 5) is 52.1. The van der Waals surface area contributed by atoms with Gasteiger partial charge in [-0.3, -0.25) is 9.59 Å². The van der Waals surface area contributed by atoms with Gasteiger partial charge in [0.1, 0.15) is 24.3 Å². The monoisotopic (exact) mass is 634 g/mol. The van der Waals surface area contributed by atoms with Gasteiger partial charge in [-0.25, -0.2) is 9.59 Å². The molecule has 12 heteroatoms. The van der Waals surface area contributed by atoms with Crippen molar-refractivity contribution in [3.8, 4) is 0 Å². The van der Waals surface area contributed by atoms with E-state index in [0.717, 1.165) is 12.0 Å². The van der Waals surface area contributed by atoms with Crippen molar-refractivity contribution in [3.63, 3.8) is 0 Å². The van der Waals surface area contributed by atoms with Crippen molar-refractivity contribution in [1.82, 2.24) is 15.5 Å². The van der Waals surface area contributed by atoms with Crippen molar-refractivity contribution >= 4 is 38.0 Å². The SMILES string of the molecule is CC(C)[C@H](NC(=O)OC(C)(C)C)C(=O)N[C@@H](C)C(=O)Nc1ccc(COC(=O)N(C)[C@@H]2C[C@@H]2CO[Si](C)(C)C(C)(C)C)cc1. The quantitative estimate of drug-likeness (QED) is 0.253. The van der Waals surface area contributed by atoms with Gasteiger partial charge in [0.05, 0.1) is 0 Å². The Hall–Kier alpha value is -3.12. The molecule has 0 spiro atoms. The van der Waals surface area contributed by atoms with Gasteiger partial charge >= 0.3 is 12.2 Å². The molecule has 1 aromatic rings. The lowest BCUT2D eigenvalue weighted by atomic mass is 10.0. The van der Waals surface area contributed by atoms with Gasteiger partial charge in [-0.15, -0.1) is 0 Å². The third kappa shape index (κ3) is 11.4. The van der Waals surface area contributed by atoms with Crippen molar-refractivity contribution < 1.29 is 33.1 Å². The lowest BCUT2D eigenvalue weighted by molar-refractivity contribution is -0.128. The summed E-state index contributed by atoms with van der Waals surface area (Å²) >= 11 is 0. The highest BCUT2D eigenvalue weighted by molar-refractivity contribution is 6.74. The Kier molecular flexibility index (Phi) is 12.4. The first-order valence-electron chi connectivity index (χ1n) is 15.3. The van der Waals surface area contributed by atoms with Crippen LogP contribution in [0.15, 0.2) is 24.3 Å². The number of carbonyl (C=O) groups is 4. The van der Waals surface area contributed by atoms with E-state index in [0.29, 0.717) is 18.2 Å². The number of carbonyl (C=O) groups excluding carboxylic acids is 4. The number of hydrogen-bond acceptors (Lipinski definition) is 7. The van der Waals surface area contributed by atoms with E-state index in [4.69, 9.17) is 13.9 Å². The van der Waals surface area contributed by atoms with Crippen LogP contribution in [0, 0.1) is 11.8 Å². The van der Waals surface area contributed by atoms with Gasteiger partial charge in [0.2, 0.25) is 11.8 Å². The fourth-order valence-electron chi connectivity index (χ4n) is 4.07. The van der Waals surface area contributed by atoms with Crippen LogP contribution in [0.4, 0.5) is 15.3 Å². The third-order valence-electron chi connectivity index (χ3n) is 8.09. The number of amides is 4. The second-order valence-electron chi connectivity index (χ2n) is 14.6. The summed E-state index contributed by atoms with van der Waals surface area (Å²) in [7, 11) is -0.0670. The van der Waals surface area contributed by atoms with Crippen LogP contribution < -0.4 is 16.0 Å². The standard InChI is InChI=1S/C32H54N4O7Si/c1-20(2)26(35-29(39)43-31(4,5)6)28(38)33-21(3)27(37)34-24-15-13-22(14-16-24)18-41-30(40)36(10)25-17-23(25)19-42-44(11,12)32(7,8)9/h13-16,20-21,23,25-26H,17-19H2,1-12H3,(H,33,38)(H,34,37)(H,35,39)/t21-,23+,25+,26-/m0/s1. The fourth-order valence-corrected chi connectivity index (χ4v) is 5.14. The zero-order chi connectivity index (χ0) is 33.6. The first-order chi connectivity index (χ1) is 20.1.